The van der Waals surface area contributed by atoms with Crippen molar-refractivity contribution in [1.29, 1.82) is 0 Å². The molecule has 4 heteroatoms. The molecule has 1 fully saturated rings. The lowest BCUT2D eigenvalue weighted by molar-refractivity contribution is -0.0248. The Kier molecular flexibility index (Phi) is 3.95. The fourth-order valence-corrected chi connectivity index (χ4v) is 1.63. The van der Waals surface area contributed by atoms with Gasteiger partial charge in [0.15, 0.2) is 0 Å². The van der Waals surface area contributed by atoms with Gasteiger partial charge in [-0.15, -0.1) is 6.58 Å². The van der Waals surface area contributed by atoms with E-state index in [4.69, 9.17) is 9.84 Å². The van der Waals surface area contributed by atoms with Crippen molar-refractivity contribution < 1.29 is 14.6 Å². The number of likely N-dealkylation sites (N-methyl/N-ethyl adjacent to an activating group) is 1. The number of nitrogens with zero attached hydrogens (tertiary/aromatic N) is 1. The summed E-state index contributed by atoms with van der Waals surface area (Å²) in [5.41, 5.74) is 0. The summed E-state index contributed by atoms with van der Waals surface area (Å²) in [6.07, 6.45) is 3.82. The highest BCUT2D eigenvalue weighted by molar-refractivity contribution is 5.64. The second-order valence-corrected chi connectivity index (χ2v) is 3.60. The first-order valence-corrected chi connectivity index (χ1v) is 4.83. The molecule has 0 aliphatic carbocycles. The topological polar surface area (TPSA) is 49.8 Å². The van der Waals surface area contributed by atoms with E-state index in [-0.39, 0.29) is 12.1 Å². The van der Waals surface area contributed by atoms with E-state index in [1.54, 1.807) is 7.05 Å². The first-order chi connectivity index (χ1) is 6.65. The van der Waals surface area contributed by atoms with Crippen molar-refractivity contribution >= 4 is 6.09 Å². The largest absolute Gasteiger partial charge is 0.465 e. The minimum absolute atomic E-state index is 0.00793. The number of hydrogen-bond acceptors (Lipinski definition) is 2. The molecule has 0 radical (unpaired) electrons. The normalized spacial score (nSPS) is 26.9. The summed E-state index contributed by atoms with van der Waals surface area (Å²) in [5, 5.41) is 8.76. The number of ether oxygens (including phenoxy) is 1. The highest BCUT2D eigenvalue weighted by Crippen LogP contribution is 2.19. The van der Waals surface area contributed by atoms with Crippen molar-refractivity contribution in [2.45, 2.75) is 31.4 Å². The van der Waals surface area contributed by atoms with E-state index >= 15 is 0 Å². The molecule has 2 atom stereocenters. The third-order valence-electron chi connectivity index (χ3n) is 2.63. The Hall–Kier alpha value is -1.03. The molecule has 1 aliphatic heterocycles. The van der Waals surface area contributed by atoms with E-state index in [0.717, 1.165) is 19.3 Å². The summed E-state index contributed by atoms with van der Waals surface area (Å²) < 4.78 is 5.53. The predicted octanol–water partition coefficient (Wildman–Crippen LogP) is 1.72. The van der Waals surface area contributed by atoms with Gasteiger partial charge in [-0.2, -0.15) is 0 Å². The van der Waals surface area contributed by atoms with Gasteiger partial charge in [-0.05, 0) is 19.3 Å². The molecular formula is C10H17NO3. The third-order valence-corrected chi connectivity index (χ3v) is 2.63. The van der Waals surface area contributed by atoms with E-state index in [0.29, 0.717) is 6.61 Å². The molecule has 14 heavy (non-hydrogen) atoms. The Morgan fingerprint density at radius 2 is 2.43 bits per heavy atom. The number of rotatable bonds is 3. The summed E-state index contributed by atoms with van der Waals surface area (Å²) in [5.74, 6) is 0. The number of carboxylic acid groups (broad SMARTS) is 1. The van der Waals surface area contributed by atoms with Crippen molar-refractivity contribution in [3.63, 3.8) is 0 Å². The minimum atomic E-state index is -0.888. The van der Waals surface area contributed by atoms with Crippen molar-refractivity contribution in [2.75, 3.05) is 13.7 Å². The Morgan fingerprint density at radius 3 is 2.86 bits per heavy atom. The molecule has 0 unspecified atom stereocenters. The van der Waals surface area contributed by atoms with E-state index in [9.17, 15) is 4.79 Å². The van der Waals surface area contributed by atoms with Crippen LogP contribution < -0.4 is 0 Å². The third kappa shape index (κ3) is 2.73. The molecule has 0 aromatic heterocycles. The van der Waals surface area contributed by atoms with Crippen LogP contribution in [0.4, 0.5) is 4.79 Å². The van der Waals surface area contributed by atoms with Gasteiger partial charge in [0.2, 0.25) is 0 Å². The second-order valence-electron chi connectivity index (χ2n) is 3.60. The molecule has 1 heterocycles. The Morgan fingerprint density at radius 1 is 1.71 bits per heavy atom. The first-order valence-electron chi connectivity index (χ1n) is 4.83. The molecule has 0 aromatic rings. The number of carbonyl (C=O) groups is 1. The average Bonchev–Trinajstić information content (AvgIpc) is 2.18. The number of amides is 1. The molecule has 0 bridgehead atoms. The van der Waals surface area contributed by atoms with E-state index in [2.05, 4.69) is 6.58 Å². The molecule has 1 saturated heterocycles. The summed E-state index contributed by atoms with van der Waals surface area (Å²) in [6.45, 7) is 4.15. The lowest BCUT2D eigenvalue weighted by atomic mass is 10.0. The van der Waals surface area contributed by atoms with Gasteiger partial charge in [-0.1, -0.05) is 6.08 Å². The van der Waals surface area contributed by atoms with Crippen LogP contribution in [0.5, 0.6) is 0 Å². The van der Waals surface area contributed by atoms with Gasteiger partial charge in [-0.3, -0.25) is 0 Å². The maximum Gasteiger partial charge on any atom is 0.407 e. The van der Waals surface area contributed by atoms with E-state index in [1.165, 1.54) is 4.90 Å². The van der Waals surface area contributed by atoms with Crippen molar-refractivity contribution in [3.05, 3.63) is 12.7 Å². The zero-order valence-corrected chi connectivity index (χ0v) is 8.48. The van der Waals surface area contributed by atoms with Crippen LogP contribution in [0, 0.1) is 0 Å². The summed E-state index contributed by atoms with van der Waals surface area (Å²) in [4.78, 5) is 12.0. The monoisotopic (exact) mass is 199 g/mol. The lowest BCUT2D eigenvalue weighted by Gasteiger charge is -2.33. The molecule has 0 spiro atoms. The summed E-state index contributed by atoms with van der Waals surface area (Å²) in [7, 11) is 1.59. The maximum absolute atomic E-state index is 10.7. The summed E-state index contributed by atoms with van der Waals surface area (Å²) in [6, 6.07) is 0.00793. The Bertz CT molecular complexity index is 209. The van der Waals surface area contributed by atoms with Crippen molar-refractivity contribution in [1.82, 2.24) is 4.90 Å². The first kappa shape index (κ1) is 11.0. The van der Waals surface area contributed by atoms with Gasteiger partial charge < -0.3 is 14.7 Å². The van der Waals surface area contributed by atoms with Crippen LogP contribution in [0.3, 0.4) is 0 Å². The van der Waals surface area contributed by atoms with Gasteiger partial charge in [0, 0.05) is 7.05 Å². The quantitative estimate of drug-likeness (QED) is 0.704. The van der Waals surface area contributed by atoms with Gasteiger partial charge >= 0.3 is 6.09 Å². The van der Waals surface area contributed by atoms with Gasteiger partial charge in [0.25, 0.3) is 0 Å². The van der Waals surface area contributed by atoms with Gasteiger partial charge in [0.05, 0.1) is 18.8 Å². The van der Waals surface area contributed by atoms with Crippen molar-refractivity contribution in [2.24, 2.45) is 0 Å². The zero-order valence-electron chi connectivity index (χ0n) is 8.48. The zero-order chi connectivity index (χ0) is 10.6. The smallest absolute Gasteiger partial charge is 0.407 e. The van der Waals surface area contributed by atoms with Crippen LogP contribution in [0.1, 0.15) is 19.3 Å². The van der Waals surface area contributed by atoms with Crippen LogP contribution >= 0.6 is 0 Å². The SMILES string of the molecule is C=CC[C@H]1CC[C@@H](N(C)C(=O)O)CO1. The molecule has 4 nitrogen and oxygen atoms in total. The molecule has 80 valence electrons. The molecule has 1 amide bonds. The highest BCUT2D eigenvalue weighted by atomic mass is 16.5. The molecule has 1 N–H and O–H groups in total. The fourth-order valence-electron chi connectivity index (χ4n) is 1.63. The molecular weight excluding hydrogens is 182 g/mol. The minimum Gasteiger partial charge on any atom is -0.465 e. The van der Waals surface area contributed by atoms with Crippen molar-refractivity contribution in [3.8, 4) is 0 Å². The molecule has 0 saturated carbocycles. The fraction of sp³-hybridized carbons (Fsp3) is 0.700. The van der Waals surface area contributed by atoms with Crippen LogP contribution in [0.15, 0.2) is 12.7 Å². The lowest BCUT2D eigenvalue weighted by Crippen LogP contribution is -2.43. The predicted molar refractivity (Wildman–Crippen MR) is 53.4 cm³/mol. The van der Waals surface area contributed by atoms with Gasteiger partial charge in [0.1, 0.15) is 0 Å². The van der Waals surface area contributed by atoms with E-state index < -0.39 is 6.09 Å². The molecule has 0 aromatic carbocycles. The molecule has 1 aliphatic rings. The Balaban J connectivity index is 2.35. The number of hydrogen-bond donors (Lipinski definition) is 1. The average molecular weight is 199 g/mol. The van der Waals surface area contributed by atoms with Crippen LogP contribution in [-0.2, 0) is 4.74 Å². The van der Waals surface area contributed by atoms with E-state index in [1.807, 2.05) is 6.08 Å². The maximum atomic E-state index is 10.7. The second kappa shape index (κ2) is 5.00. The van der Waals surface area contributed by atoms with Crippen LogP contribution in [0.2, 0.25) is 0 Å². The van der Waals surface area contributed by atoms with Gasteiger partial charge in [-0.25, -0.2) is 4.79 Å². The highest BCUT2D eigenvalue weighted by Gasteiger charge is 2.26. The summed E-state index contributed by atoms with van der Waals surface area (Å²) >= 11 is 0. The standard InChI is InChI=1S/C10H17NO3/c1-3-4-9-6-5-8(7-14-9)11(2)10(12)13/h3,8-9H,1,4-7H2,2H3,(H,12,13)/t8-,9+/m1/s1. The Labute approximate surface area is 84.2 Å². The van der Waals surface area contributed by atoms with Crippen LogP contribution in [0.25, 0.3) is 0 Å². The van der Waals surface area contributed by atoms with Crippen LogP contribution in [-0.4, -0.2) is 41.9 Å². The molecule has 1 rings (SSSR count).